The van der Waals surface area contributed by atoms with Crippen molar-refractivity contribution in [1.29, 1.82) is 0 Å². The van der Waals surface area contributed by atoms with E-state index >= 15 is 0 Å². The molecule has 0 aromatic heterocycles. The van der Waals surface area contributed by atoms with E-state index in [9.17, 15) is 4.79 Å². The third kappa shape index (κ3) is 3.37. The van der Waals surface area contributed by atoms with E-state index in [1.165, 1.54) is 0 Å². The fourth-order valence-corrected chi connectivity index (χ4v) is 3.01. The van der Waals surface area contributed by atoms with E-state index in [-0.39, 0.29) is 24.4 Å². The molecule has 0 radical (unpaired) electrons. The molecule has 8 heteroatoms. The first-order valence-electron chi connectivity index (χ1n) is 7.83. The number of fused-ring (bicyclic) bond motifs is 1. The molecule has 0 amide bonds. The highest BCUT2D eigenvalue weighted by Gasteiger charge is 2.48. The van der Waals surface area contributed by atoms with E-state index in [1.54, 1.807) is 37.3 Å². The molecule has 2 aliphatic heterocycles. The summed E-state index contributed by atoms with van der Waals surface area (Å²) in [5, 5.41) is 3.77. The minimum atomic E-state index is -0.981. The maximum absolute atomic E-state index is 12.3. The molecule has 2 fully saturated rings. The molecule has 1 aromatic rings. The number of benzene rings is 1. The summed E-state index contributed by atoms with van der Waals surface area (Å²) in [6.45, 7) is 4.02. The van der Waals surface area contributed by atoms with Crippen molar-refractivity contribution in [2.75, 3.05) is 6.61 Å². The molecule has 0 N–H and O–H groups in total. The summed E-state index contributed by atoms with van der Waals surface area (Å²) in [6.07, 6.45) is -2.00. The molecule has 4 unspecified atom stereocenters. The minimum absolute atomic E-state index is 0.181. The molecule has 128 valence electrons. The topological polar surface area (TPSA) is 103 Å². The molecule has 0 aliphatic carbocycles. The highest BCUT2D eigenvalue weighted by Crippen LogP contribution is 2.34. The average Bonchev–Trinajstić information content (AvgIpc) is 2.60. The van der Waals surface area contributed by atoms with E-state index in [0.717, 1.165) is 0 Å². The van der Waals surface area contributed by atoms with E-state index in [1.807, 2.05) is 6.92 Å². The number of nitrogens with zero attached hydrogens (tertiary/aromatic N) is 3. The van der Waals surface area contributed by atoms with Crippen LogP contribution in [0.15, 0.2) is 35.4 Å². The van der Waals surface area contributed by atoms with E-state index in [0.29, 0.717) is 12.2 Å². The normalized spacial score (nSPS) is 35.4. The highest BCUT2D eigenvalue weighted by atomic mass is 16.7. The Morgan fingerprint density at radius 3 is 2.75 bits per heavy atom. The number of esters is 1. The fourth-order valence-electron chi connectivity index (χ4n) is 3.01. The van der Waals surface area contributed by atoms with Gasteiger partial charge >= 0.3 is 5.97 Å². The number of hydrogen-bond acceptors (Lipinski definition) is 6. The molecule has 8 nitrogen and oxygen atoms in total. The number of carbonyl (C=O) groups excluding carboxylic acids is 1. The Morgan fingerprint density at radius 2 is 2.04 bits per heavy atom. The predicted molar refractivity (Wildman–Crippen MR) is 82.9 cm³/mol. The minimum Gasteiger partial charge on any atom is -0.432 e. The van der Waals surface area contributed by atoms with Crippen molar-refractivity contribution in [2.45, 2.75) is 44.7 Å². The lowest BCUT2D eigenvalue weighted by molar-refractivity contribution is -0.318. The van der Waals surface area contributed by atoms with Gasteiger partial charge in [0.15, 0.2) is 6.29 Å². The Morgan fingerprint density at radius 1 is 1.29 bits per heavy atom. The summed E-state index contributed by atoms with van der Waals surface area (Å²) in [5.74, 6) is -0.713. The molecule has 6 atom stereocenters. The lowest BCUT2D eigenvalue weighted by Crippen LogP contribution is -2.59. The van der Waals surface area contributed by atoms with Gasteiger partial charge in [-0.1, -0.05) is 30.2 Å². The van der Waals surface area contributed by atoms with Gasteiger partial charge in [0.05, 0.1) is 18.3 Å². The van der Waals surface area contributed by atoms with Crippen LogP contribution < -0.4 is 0 Å². The maximum atomic E-state index is 12.3. The number of rotatable bonds is 3. The molecule has 0 saturated carbocycles. The van der Waals surface area contributed by atoms with E-state index in [4.69, 9.17) is 24.5 Å². The average molecular weight is 333 g/mol. The van der Waals surface area contributed by atoms with Gasteiger partial charge in [-0.3, -0.25) is 0 Å². The maximum Gasteiger partial charge on any atom is 0.340 e. The molecule has 2 aliphatic rings. The molecule has 1 aromatic carbocycles. The molecule has 0 spiro atoms. The van der Waals surface area contributed by atoms with Crippen LogP contribution in [0, 0.1) is 5.92 Å². The van der Waals surface area contributed by atoms with E-state index in [2.05, 4.69) is 10.0 Å². The van der Waals surface area contributed by atoms with Gasteiger partial charge in [-0.25, -0.2) is 4.79 Å². The molecule has 0 bridgehead atoms. The third-order valence-electron chi connectivity index (χ3n) is 4.27. The van der Waals surface area contributed by atoms with Gasteiger partial charge in [-0.15, -0.1) is 0 Å². The largest absolute Gasteiger partial charge is 0.432 e. The van der Waals surface area contributed by atoms with Gasteiger partial charge in [-0.2, -0.15) is 0 Å². The zero-order valence-corrected chi connectivity index (χ0v) is 13.4. The number of azide groups is 1. The number of hydrogen-bond donors (Lipinski definition) is 0. The van der Waals surface area contributed by atoms with Gasteiger partial charge in [0, 0.05) is 4.91 Å². The predicted octanol–water partition coefficient (Wildman–Crippen LogP) is 2.64. The summed E-state index contributed by atoms with van der Waals surface area (Å²) in [6, 6.07) is 7.91. The first kappa shape index (κ1) is 16.7. The van der Waals surface area contributed by atoms with Crippen LogP contribution in [-0.2, 0) is 18.9 Å². The molecule has 2 saturated heterocycles. The van der Waals surface area contributed by atoms with Crippen LogP contribution >= 0.6 is 0 Å². The van der Waals surface area contributed by atoms with Crippen molar-refractivity contribution < 1.29 is 23.7 Å². The highest BCUT2D eigenvalue weighted by molar-refractivity contribution is 5.89. The first-order chi connectivity index (χ1) is 11.6. The van der Waals surface area contributed by atoms with Crippen molar-refractivity contribution >= 4 is 5.97 Å². The van der Waals surface area contributed by atoms with Gasteiger partial charge in [0.25, 0.3) is 0 Å². The lowest BCUT2D eigenvalue weighted by atomic mass is 9.88. The Labute approximate surface area is 139 Å². The summed E-state index contributed by atoms with van der Waals surface area (Å²) in [4.78, 5) is 15.1. The second-order valence-corrected chi connectivity index (χ2v) is 5.87. The summed E-state index contributed by atoms with van der Waals surface area (Å²) < 4.78 is 22.4. The Balaban J connectivity index is 1.78. The van der Waals surface area contributed by atoms with Crippen molar-refractivity contribution in [3.63, 3.8) is 0 Å². The zero-order chi connectivity index (χ0) is 17.1. The van der Waals surface area contributed by atoms with Crippen LogP contribution in [0.25, 0.3) is 10.4 Å². The zero-order valence-electron chi connectivity index (χ0n) is 13.4. The monoisotopic (exact) mass is 333 g/mol. The third-order valence-corrected chi connectivity index (χ3v) is 4.27. The van der Waals surface area contributed by atoms with Crippen LogP contribution in [-0.4, -0.2) is 43.4 Å². The van der Waals surface area contributed by atoms with Crippen molar-refractivity contribution in [3.05, 3.63) is 46.3 Å². The van der Waals surface area contributed by atoms with Crippen molar-refractivity contribution in [2.24, 2.45) is 11.0 Å². The second kappa shape index (κ2) is 7.19. The molecular weight excluding hydrogens is 314 g/mol. The number of carbonyl (C=O) groups is 1. The Kier molecular flexibility index (Phi) is 5.01. The lowest BCUT2D eigenvalue weighted by Gasteiger charge is -2.46. The van der Waals surface area contributed by atoms with Gasteiger partial charge in [0.1, 0.15) is 12.1 Å². The van der Waals surface area contributed by atoms with Crippen LogP contribution in [0.3, 0.4) is 0 Å². The summed E-state index contributed by atoms with van der Waals surface area (Å²) >= 11 is 0. The quantitative estimate of drug-likeness (QED) is 0.366. The van der Waals surface area contributed by atoms with E-state index < -0.39 is 18.3 Å². The fraction of sp³-hybridized carbons (Fsp3) is 0.562. The molecule has 3 rings (SSSR count). The molecule has 2 heterocycles. The molecular formula is C16H19N3O5. The SMILES string of the molecule is CC1OCC2OC(OC(=O)c3ccccc3)[C@@H](N=[N+]=[N-])[C@@H](C)C2O1. The van der Waals surface area contributed by atoms with Crippen molar-refractivity contribution in [3.8, 4) is 0 Å². The van der Waals surface area contributed by atoms with Crippen LogP contribution in [0.2, 0.25) is 0 Å². The van der Waals surface area contributed by atoms with Crippen LogP contribution in [0.1, 0.15) is 24.2 Å². The first-order valence-corrected chi connectivity index (χ1v) is 7.83. The standard InChI is InChI=1S/C16H19N3O5/c1-9-13(18-19-17)16(23-12-8-21-10(2)22-14(9)12)24-15(20)11-6-4-3-5-7-11/h3-7,9-10,12-14,16H,8H2,1-2H3/t9-,10?,12?,13+,14?,16?/m1/s1. The van der Waals surface area contributed by atoms with Gasteiger partial charge in [-0.05, 0) is 30.5 Å². The van der Waals surface area contributed by atoms with Gasteiger partial charge in [0.2, 0.25) is 6.29 Å². The Hall–Kier alpha value is -2.12. The Bertz CT molecular complexity index is 634. The van der Waals surface area contributed by atoms with Crippen LogP contribution in [0.5, 0.6) is 0 Å². The van der Waals surface area contributed by atoms with Crippen LogP contribution in [0.4, 0.5) is 0 Å². The summed E-state index contributed by atoms with van der Waals surface area (Å²) in [7, 11) is 0. The van der Waals surface area contributed by atoms with Crippen molar-refractivity contribution in [1.82, 2.24) is 0 Å². The van der Waals surface area contributed by atoms with Gasteiger partial charge < -0.3 is 18.9 Å². The second-order valence-electron chi connectivity index (χ2n) is 5.87. The molecule has 24 heavy (non-hydrogen) atoms. The number of ether oxygens (including phenoxy) is 4. The summed E-state index contributed by atoms with van der Waals surface area (Å²) in [5.41, 5.74) is 9.25. The smallest absolute Gasteiger partial charge is 0.340 e.